The Morgan fingerprint density at radius 2 is 0.795 bits per heavy atom. The number of benzene rings is 6. The van der Waals surface area contributed by atoms with E-state index in [4.69, 9.17) is 0 Å². The highest BCUT2D eigenvalue weighted by Crippen LogP contribution is 2.45. The number of hydrogen-bond donors (Lipinski definition) is 0. The van der Waals surface area contributed by atoms with Crippen LogP contribution < -0.4 is 0 Å². The molecular formula is C36H21N3. The number of aromatic nitrogens is 3. The lowest BCUT2D eigenvalue weighted by atomic mass is 10.0. The van der Waals surface area contributed by atoms with Crippen LogP contribution in [0.1, 0.15) is 0 Å². The molecule has 0 N–H and O–H groups in total. The second-order valence-electron chi connectivity index (χ2n) is 10.6. The van der Waals surface area contributed by atoms with E-state index in [-0.39, 0.29) is 0 Å². The van der Waals surface area contributed by atoms with Crippen LogP contribution in [0.2, 0.25) is 0 Å². The van der Waals surface area contributed by atoms with Crippen molar-refractivity contribution in [2.24, 2.45) is 0 Å². The van der Waals surface area contributed by atoms with Crippen LogP contribution in [0.25, 0.3) is 82.1 Å². The van der Waals surface area contributed by atoms with Crippen molar-refractivity contribution in [3.8, 4) is 5.69 Å². The summed E-state index contributed by atoms with van der Waals surface area (Å²) in [7, 11) is 0. The summed E-state index contributed by atoms with van der Waals surface area (Å²) >= 11 is 0. The molecule has 0 fully saturated rings. The van der Waals surface area contributed by atoms with Crippen molar-refractivity contribution < 1.29 is 0 Å². The lowest BCUT2D eigenvalue weighted by molar-refractivity contribution is 1.18. The number of para-hydroxylation sites is 3. The predicted molar refractivity (Wildman–Crippen MR) is 164 cm³/mol. The average molecular weight is 496 g/mol. The van der Waals surface area contributed by atoms with E-state index in [0.717, 1.165) is 0 Å². The Labute approximate surface area is 222 Å². The highest BCUT2D eigenvalue weighted by atomic mass is 15.0. The monoisotopic (exact) mass is 495 g/mol. The molecule has 0 spiro atoms. The summed E-state index contributed by atoms with van der Waals surface area (Å²) in [5.41, 5.74) is 11.0. The van der Waals surface area contributed by atoms with Crippen LogP contribution in [-0.4, -0.2) is 13.4 Å². The summed E-state index contributed by atoms with van der Waals surface area (Å²) in [5.74, 6) is 0. The molecule has 39 heavy (non-hydrogen) atoms. The molecule has 180 valence electrons. The van der Waals surface area contributed by atoms with Crippen LogP contribution >= 0.6 is 0 Å². The van der Waals surface area contributed by atoms with E-state index in [9.17, 15) is 0 Å². The fraction of sp³-hybridized carbons (Fsp3) is 0. The standard InChI is InChI=1S/C36H21N3/c1-2-8-22(9-3-1)37-31-20-18-27-25-10-4-6-12-29(25)38-23-14-16-24(17-15-23)39-30-13-7-5-11-26(30)28-19-21-32(37)34(36(28)39)33(31)35(27)38/h1-21H. The second-order valence-corrected chi connectivity index (χ2v) is 10.6. The molecule has 5 heterocycles. The van der Waals surface area contributed by atoms with Gasteiger partial charge in [-0.15, -0.1) is 0 Å². The van der Waals surface area contributed by atoms with E-state index >= 15 is 0 Å². The molecule has 2 bridgehead atoms. The molecule has 0 saturated heterocycles. The van der Waals surface area contributed by atoms with Gasteiger partial charge in [0, 0.05) is 49.0 Å². The molecular weight excluding hydrogens is 474 g/mol. The van der Waals surface area contributed by atoms with Gasteiger partial charge in [-0.25, -0.2) is 0 Å². The topological polar surface area (TPSA) is 13.8 Å². The van der Waals surface area contributed by atoms with Gasteiger partial charge in [0.25, 0.3) is 0 Å². The Kier molecular flexibility index (Phi) is 3.44. The normalized spacial score (nSPS) is 12.6. The molecule has 0 unspecified atom stereocenters. The largest absolute Gasteiger partial charge is 0.309 e. The van der Waals surface area contributed by atoms with Crippen molar-refractivity contribution in [2.45, 2.75) is 0 Å². The summed E-state index contributed by atoms with van der Waals surface area (Å²) in [5, 5.41) is 7.75. The lowest BCUT2D eigenvalue weighted by Gasteiger charge is -2.07. The molecule has 0 atom stereocenters. The summed E-state index contributed by atoms with van der Waals surface area (Å²) < 4.78 is 7.40. The molecule has 0 saturated carbocycles. The molecule has 11 aromatic rings. The minimum Gasteiger partial charge on any atom is -0.309 e. The van der Waals surface area contributed by atoms with Crippen molar-refractivity contribution in [3.63, 3.8) is 0 Å². The zero-order valence-corrected chi connectivity index (χ0v) is 21.0. The Morgan fingerprint density at radius 1 is 0.333 bits per heavy atom. The van der Waals surface area contributed by atoms with E-state index in [1.165, 1.54) is 82.1 Å². The van der Waals surface area contributed by atoms with Gasteiger partial charge in [0.2, 0.25) is 0 Å². The summed E-state index contributed by atoms with van der Waals surface area (Å²) in [6.45, 7) is 0. The maximum atomic E-state index is 2.47. The summed E-state index contributed by atoms with van der Waals surface area (Å²) in [4.78, 5) is 0. The first-order chi connectivity index (χ1) is 19.4. The Hall–Kier alpha value is -5.28. The first-order valence-corrected chi connectivity index (χ1v) is 13.5. The first kappa shape index (κ1) is 19.8. The van der Waals surface area contributed by atoms with Gasteiger partial charge in [0.15, 0.2) is 0 Å². The highest BCUT2D eigenvalue weighted by molar-refractivity contribution is 6.33. The number of rotatable bonds is 1. The van der Waals surface area contributed by atoms with Crippen LogP contribution in [0, 0.1) is 0 Å². The third-order valence-corrected chi connectivity index (χ3v) is 8.74. The van der Waals surface area contributed by atoms with Gasteiger partial charge >= 0.3 is 0 Å². The number of hydrogen-bond acceptors (Lipinski definition) is 0. The fourth-order valence-electron chi connectivity index (χ4n) is 7.23. The van der Waals surface area contributed by atoms with Crippen LogP contribution in [0.15, 0.2) is 127 Å². The van der Waals surface area contributed by atoms with E-state index in [0.29, 0.717) is 0 Å². The van der Waals surface area contributed by atoms with Gasteiger partial charge in [0.05, 0.1) is 33.1 Å². The quantitative estimate of drug-likeness (QED) is 0.215. The molecule has 3 heteroatoms. The third kappa shape index (κ3) is 2.27. The lowest BCUT2D eigenvalue weighted by Crippen LogP contribution is -1.93. The molecule has 0 aliphatic carbocycles. The summed E-state index contributed by atoms with van der Waals surface area (Å²) in [6, 6.07) is 46.8. The minimum atomic E-state index is 1.18. The van der Waals surface area contributed by atoms with Crippen molar-refractivity contribution in [1.82, 2.24) is 13.4 Å². The Balaban J connectivity index is 1.67. The van der Waals surface area contributed by atoms with E-state index in [1.54, 1.807) is 0 Å². The number of fused-ring (bicyclic) bond motifs is 6. The first-order valence-electron chi connectivity index (χ1n) is 13.5. The van der Waals surface area contributed by atoms with E-state index < -0.39 is 0 Å². The van der Waals surface area contributed by atoms with Crippen molar-refractivity contribution in [1.29, 1.82) is 0 Å². The predicted octanol–water partition coefficient (Wildman–Crippen LogP) is 9.34. The van der Waals surface area contributed by atoms with Gasteiger partial charge in [-0.1, -0.05) is 66.7 Å². The molecule has 11 rings (SSSR count). The Morgan fingerprint density at radius 3 is 1.31 bits per heavy atom. The van der Waals surface area contributed by atoms with Crippen molar-refractivity contribution in [2.75, 3.05) is 0 Å². The molecule has 0 amide bonds. The van der Waals surface area contributed by atoms with Crippen molar-refractivity contribution >= 4 is 76.5 Å². The molecule has 0 radical (unpaired) electrons. The maximum absolute atomic E-state index is 2.47. The van der Waals surface area contributed by atoms with Crippen molar-refractivity contribution in [3.05, 3.63) is 127 Å². The smallest absolute Gasteiger partial charge is 0.0642 e. The molecule has 5 aromatic heterocycles. The van der Waals surface area contributed by atoms with Gasteiger partial charge in [0.1, 0.15) is 0 Å². The van der Waals surface area contributed by atoms with Crippen LogP contribution in [0.3, 0.4) is 0 Å². The third-order valence-electron chi connectivity index (χ3n) is 8.74. The molecule has 3 nitrogen and oxygen atoms in total. The van der Waals surface area contributed by atoms with Gasteiger partial charge in [-0.3, -0.25) is 0 Å². The van der Waals surface area contributed by atoms with Crippen LogP contribution in [0.5, 0.6) is 0 Å². The average Bonchev–Trinajstić information content (AvgIpc) is 3.63. The maximum Gasteiger partial charge on any atom is 0.0642 e. The molecule has 6 aromatic carbocycles. The fourth-order valence-corrected chi connectivity index (χ4v) is 7.23. The van der Waals surface area contributed by atoms with Crippen LogP contribution in [-0.2, 0) is 0 Å². The highest BCUT2D eigenvalue weighted by Gasteiger charge is 2.23. The second kappa shape index (κ2) is 6.77. The van der Waals surface area contributed by atoms with E-state index in [2.05, 4.69) is 141 Å². The number of nitrogens with zero attached hydrogens (tertiary/aromatic N) is 3. The Bertz CT molecular complexity index is 2410. The van der Waals surface area contributed by atoms with Crippen LogP contribution in [0.4, 0.5) is 0 Å². The molecule has 0 aliphatic rings. The van der Waals surface area contributed by atoms with E-state index in [1.807, 2.05) is 0 Å². The SMILES string of the molecule is c1ccc(-n2c3ccc4c5ccccc5n5c6ccc(cc6)n6c7ccccc7c7ccc2c(c3c45)c76)cc1. The summed E-state index contributed by atoms with van der Waals surface area (Å²) in [6.07, 6.45) is 0. The zero-order valence-electron chi connectivity index (χ0n) is 21.0. The minimum absolute atomic E-state index is 1.18. The van der Waals surface area contributed by atoms with Gasteiger partial charge in [-0.2, -0.15) is 0 Å². The van der Waals surface area contributed by atoms with Gasteiger partial charge < -0.3 is 13.4 Å². The molecule has 0 aliphatic heterocycles. The van der Waals surface area contributed by atoms with Gasteiger partial charge in [-0.05, 0) is 60.7 Å². The zero-order chi connectivity index (χ0) is 25.2.